The molecule has 1 unspecified atom stereocenters. The van der Waals surface area contributed by atoms with Crippen molar-refractivity contribution in [2.45, 2.75) is 71.9 Å². The third-order valence-electron chi connectivity index (χ3n) is 18.4. The summed E-state index contributed by atoms with van der Waals surface area (Å²) in [4.78, 5) is 89.1. The summed E-state index contributed by atoms with van der Waals surface area (Å²) in [6.07, 6.45) is 2.87. The molecule has 14 rings (SSSR count). The molecule has 0 bridgehead atoms. The Morgan fingerprint density at radius 1 is 0.537 bits per heavy atom. The van der Waals surface area contributed by atoms with E-state index in [0.29, 0.717) is 142 Å². The summed E-state index contributed by atoms with van der Waals surface area (Å²) in [7, 11) is 9.35. The van der Waals surface area contributed by atoms with Crippen LogP contribution in [-0.4, -0.2) is 153 Å². The van der Waals surface area contributed by atoms with Gasteiger partial charge in [-0.05, 0) is 140 Å². The summed E-state index contributed by atoms with van der Waals surface area (Å²) in [6.45, 7) is 9.76. The number of hydrogen-bond acceptors (Lipinski definition) is 17. The minimum absolute atomic E-state index is 0.0527. The van der Waals surface area contributed by atoms with E-state index in [1.807, 2.05) is 126 Å². The molecular weight excluding hydrogens is 1420 g/mol. The number of para-hydroxylation sites is 4. The number of nitrogens with zero attached hydrogens (tertiary/aromatic N) is 9. The number of pyridine rings is 4. The molecule has 1 atom stereocenters. The van der Waals surface area contributed by atoms with Crippen LogP contribution >= 0.6 is 23.2 Å². The van der Waals surface area contributed by atoms with Gasteiger partial charge >= 0.3 is 5.97 Å². The summed E-state index contributed by atoms with van der Waals surface area (Å²) < 4.78 is 24.1. The molecule has 0 aliphatic carbocycles. The summed E-state index contributed by atoms with van der Waals surface area (Å²) in [6, 6.07) is 37.7. The van der Waals surface area contributed by atoms with E-state index in [-0.39, 0.29) is 51.6 Å². The van der Waals surface area contributed by atoms with E-state index in [1.54, 1.807) is 75.8 Å². The minimum Gasteiger partial charge on any atom is -0.491 e. The summed E-state index contributed by atoms with van der Waals surface area (Å²) in [5, 5.41) is 50.1. The maximum Gasteiger partial charge on any atom is 0.309 e. The average molecular weight is 1510 g/mol. The molecule has 6 aromatic carbocycles. The van der Waals surface area contributed by atoms with E-state index in [4.69, 9.17) is 48.9 Å². The van der Waals surface area contributed by atoms with Crippen molar-refractivity contribution < 1.29 is 33.7 Å². The fourth-order valence-electron chi connectivity index (χ4n) is 13.0. The van der Waals surface area contributed by atoms with Gasteiger partial charge in [0, 0.05) is 102 Å². The molecule has 0 radical (unpaired) electrons. The topological polar surface area (TPSA) is 381 Å². The van der Waals surface area contributed by atoms with Crippen LogP contribution < -0.4 is 58.5 Å². The summed E-state index contributed by atoms with van der Waals surface area (Å²) in [5.41, 5.74) is 20.5. The van der Waals surface area contributed by atoms with Gasteiger partial charge in [-0.3, -0.25) is 54.0 Å². The molecule has 8 aromatic heterocycles. The predicted molar refractivity (Wildman–Crippen MR) is 422 cm³/mol. The first-order valence-corrected chi connectivity index (χ1v) is 35.9. The Hall–Kier alpha value is -11.7. The first-order valence-electron chi connectivity index (χ1n) is 35.1. The van der Waals surface area contributed by atoms with Gasteiger partial charge in [0.1, 0.15) is 39.3 Å². The normalized spacial score (nSPS) is 11.6. The fraction of sp³-hybridized carbons (Fsp3) is 0.295. The molecule has 11 N–H and O–H groups in total. The smallest absolute Gasteiger partial charge is 0.309 e. The van der Waals surface area contributed by atoms with Crippen molar-refractivity contribution >= 4 is 128 Å². The van der Waals surface area contributed by atoms with Gasteiger partial charge in [-0.2, -0.15) is 20.4 Å². The monoisotopic (exact) mass is 1510 g/mol. The number of carbonyl (C=O) groups excluding carboxylic acids is 2. The first-order chi connectivity index (χ1) is 52.0. The van der Waals surface area contributed by atoms with E-state index >= 15 is 0 Å². The maximum absolute atomic E-state index is 13.3. The lowest BCUT2D eigenvalue weighted by Crippen LogP contribution is -2.42. The van der Waals surface area contributed by atoms with Crippen LogP contribution in [0.2, 0.25) is 10.0 Å². The Labute approximate surface area is 627 Å². The highest BCUT2D eigenvalue weighted by Gasteiger charge is 2.23. The number of amides is 2. The van der Waals surface area contributed by atoms with Crippen molar-refractivity contribution in [1.82, 2.24) is 74.6 Å². The van der Waals surface area contributed by atoms with Crippen LogP contribution in [0.15, 0.2) is 147 Å². The number of nitrogens with two attached hydrogens (primary N) is 2. The van der Waals surface area contributed by atoms with Crippen LogP contribution in [0.5, 0.6) is 17.2 Å². The maximum atomic E-state index is 13.3. The lowest BCUT2D eigenvalue weighted by atomic mass is 10.1. The lowest BCUT2D eigenvalue weighted by molar-refractivity contribution is -0.136. The highest BCUT2D eigenvalue weighted by Crippen LogP contribution is 2.33. The molecule has 0 saturated heterocycles. The van der Waals surface area contributed by atoms with Gasteiger partial charge < -0.3 is 64.6 Å². The number of ether oxygens (including phenoxy) is 3. The third-order valence-corrected chi connectivity index (χ3v) is 18.9. The number of hydrogen-bond donors (Lipinski definition) is 9. The molecule has 30 heteroatoms. The first kappa shape index (κ1) is 77.4. The molecule has 0 aliphatic rings. The number of rotatable bonds is 24. The Balaban J connectivity index is 0.000000146. The Kier molecular flexibility index (Phi) is 24.9. The average Bonchev–Trinajstić information content (AvgIpc) is 1.48. The van der Waals surface area contributed by atoms with Crippen molar-refractivity contribution in [2.24, 2.45) is 32.6 Å². The summed E-state index contributed by atoms with van der Waals surface area (Å²) in [5.74, 6) is 0.532. The fourth-order valence-corrected chi connectivity index (χ4v) is 13.2. The predicted octanol–water partition coefficient (Wildman–Crippen LogP) is 9.31. The van der Waals surface area contributed by atoms with Crippen molar-refractivity contribution in [2.75, 3.05) is 60.1 Å². The van der Waals surface area contributed by atoms with Crippen molar-refractivity contribution in [3.05, 3.63) is 213 Å². The molecule has 14 aromatic rings. The lowest BCUT2D eigenvalue weighted by Gasteiger charge is -2.14. The molecule has 8 heterocycles. The molecule has 0 saturated carbocycles. The van der Waals surface area contributed by atoms with Crippen LogP contribution in [0.4, 0.5) is 0 Å². The molecule has 28 nitrogen and oxygen atoms in total. The van der Waals surface area contributed by atoms with Crippen molar-refractivity contribution in [3.63, 3.8) is 0 Å². The number of nitrogens with one attached hydrogen (secondary N) is 6. The Morgan fingerprint density at radius 3 is 1.45 bits per heavy atom. The molecule has 0 aliphatic heterocycles. The van der Waals surface area contributed by atoms with Crippen molar-refractivity contribution in [1.29, 1.82) is 0 Å². The number of aliphatic carboxylic acids is 1. The molecular formula is C78H85Cl2N17O11. The number of carboxylic acids is 1. The van der Waals surface area contributed by atoms with Crippen LogP contribution in [0.25, 0.3) is 87.2 Å². The second-order valence-corrected chi connectivity index (χ2v) is 27.2. The van der Waals surface area contributed by atoms with Crippen molar-refractivity contribution in [3.8, 4) is 17.2 Å². The number of fused-ring (bicyclic) bond motifs is 12. The van der Waals surface area contributed by atoms with Crippen LogP contribution in [0.3, 0.4) is 0 Å². The zero-order valence-corrected chi connectivity index (χ0v) is 62.6. The molecule has 2 amide bonds. The number of carbonyl (C=O) groups is 3. The minimum atomic E-state index is -1.05. The number of benzene rings is 6. The number of aromatic amines is 4. The number of H-pyrrole nitrogens is 4. The Bertz CT molecular complexity index is 5900. The highest BCUT2D eigenvalue weighted by molar-refractivity contribution is 6.31. The number of aryl methyl sites for hydroxylation is 7. The van der Waals surface area contributed by atoms with E-state index in [0.717, 1.165) is 80.4 Å². The van der Waals surface area contributed by atoms with Gasteiger partial charge in [0.25, 0.3) is 28.1 Å². The van der Waals surface area contributed by atoms with Crippen LogP contribution in [-0.2, 0) is 50.1 Å². The second-order valence-electron chi connectivity index (χ2n) is 26.3. The third kappa shape index (κ3) is 16.9. The van der Waals surface area contributed by atoms with E-state index in [1.165, 1.54) is 0 Å². The van der Waals surface area contributed by atoms with Crippen LogP contribution in [0.1, 0.15) is 64.4 Å². The largest absolute Gasteiger partial charge is 0.491 e. The second kappa shape index (κ2) is 34.7. The van der Waals surface area contributed by atoms with Gasteiger partial charge in [0.15, 0.2) is 0 Å². The number of halogens is 2. The molecule has 0 fully saturated rings. The van der Waals surface area contributed by atoms with E-state index < -0.39 is 12.0 Å². The standard InChI is InChI=1S/C24H24ClN5O4.C22H21ClN4O3.C17H22N4O2.C15H18N4O2/c25-15-8-6-14(7-9-15)12-17(26)23(33)27-10-3-11-30-19-5-2-1-4-16(19)22-21(24(30)34)18(28-29-22)13-20(31)32;1-13-18-19(26-25-13)16-5-3-6-17(20(16)27(2)22(18)29)30-12-4-11-24-21(28)14-7-9-15(23)10-8-14;1-11-14-15(19-18-11)12-7-5-8-13(16(12)21(4)17(14)22)23-10-6-9-20(2)3;1-9-12-13(18-17-9)10-5-3-6-11(21-8-4-7-16)14(10)19(2)15(12)20/h1-2,4-9,17H,3,10-13,26H2,(H,27,33)(H,28,29)(H,31,32);3,5-10H,4,11-12H2,1-2H3,(H,24,28)(H,25,26);5,7-8H,6,9-10H2,1-4H3,(H,18,19);3,5-6H,4,7-8,16H2,1-2H3,(H,17,18). The Morgan fingerprint density at radius 2 is 0.972 bits per heavy atom. The quantitative estimate of drug-likeness (QED) is 0.0254. The van der Waals surface area contributed by atoms with Gasteiger partial charge in [0.05, 0.1) is 81.6 Å². The number of aromatic nitrogens is 12. The van der Waals surface area contributed by atoms with E-state index in [2.05, 4.69) is 56.3 Å². The summed E-state index contributed by atoms with van der Waals surface area (Å²) >= 11 is 11.7. The van der Waals surface area contributed by atoms with Gasteiger partial charge in [-0.15, -0.1) is 0 Å². The zero-order valence-electron chi connectivity index (χ0n) is 61.1. The highest BCUT2D eigenvalue weighted by atomic mass is 35.5. The van der Waals surface area contributed by atoms with Gasteiger partial charge in [-0.25, -0.2) is 0 Å². The number of carboxylic acid groups (broad SMARTS) is 1. The van der Waals surface area contributed by atoms with Gasteiger partial charge in [-0.1, -0.05) is 89.9 Å². The SMILES string of the molecule is Cc1[nH]nc2c1c(=O)n(C)c1c(OCCCN(C)C)cccc21.Cc1[nH]nc2c1c(=O)n(C)c1c(OCCCN)cccc21.Cc1[nH]nc2c1c(=O)n(C)c1c(OCCCNC(=O)c3ccc(Cl)cc3)cccc21.NC(Cc1ccc(Cl)cc1)C(=O)NCCCn1c(=O)c2c(CC(=O)O)[nH]nc2c2ccccc21. The van der Waals surface area contributed by atoms with Gasteiger partial charge in [0.2, 0.25) is 5.91 Å². The van der Waals surface area contributed by atoms with Crippen LogP contribution in [0, 0.1) is 20.8 Å². The van der Waals surface area contributed by atoms with E-state index in [9.17, 15) is 38.7 Å². The zero-order chi connectivity index (χ0) is 77.0. The molecule has 562 valence electrons. The molecule has 108 heavy (non-hydrogen) atoms. The molecule has 0 spiro atoms.